The molecule has 0 bridgehead atoms. The van der Waals surface area contributed by atoms with Crippen LogP contribution in [-0.4, -0.2) is 24.8 Å². The zero-order chi connectivity index (χ0) is 9.00. The van der Waals surface area contributed by atoms with E-state index in [9.17, 15) is 8.42 Å². The third kappa shape index (κ3) is 22000. The Labute approximate surface area is 62.2 Å². The van der Waals surface area contributed by atoms with Gasteiger partial charge in [0.1, 0.15) is 0 Å². The fourth-order valence-electron chi connectivity index (χ4n) is 0. The summed E-state index contributed by atoms with van der Waals surface area (Å²) in [6.07, 6.45) is 0.715. The first-order valence-electron chi connectivity index (χ1n) is 2.71. The van der Waals surface area contributed by atoms with E-state index < -0.39 is 10.1 Å². The molecule has 0 fully saturated rings. The van der Waals surface area contributed by atoms with Crippen molar-refractivity contribution in [2.24, 2.45) is 5.73 Å². The van der Waals surface area contributed by atoms with Gasteiger partial charge in [-0.3, -0.25) is 4.55 Å². The van der Waals surface area contributed by atoms with Gasteiger partial charge >= 0.3 is 0 Å². The van der Waals surface area contributed by atoms with Crippen molar-refractivity contribution >= 4 is 10.1 Å². The number of hydrogen-bond acceptors (Lipinski definition) is 3. The Morgan fingerprint density at radius 3 is 1.30 bits per heavy atom. The van der Waals surface area contributed by atoms with Gasteiger partial charge < -0.3 is 5.73 Å². The van der Waals surface area contributed by atoms with Gasteiger partial charge in [0.2, 0.25) is 0 Å². The maximum absolute atomic E-state index is 9.19. The van der Waals surface area contributed by atoms with Crippen LogP contribution in [0, 0.1) is 0 Å². The molecule has 10 heavy (non-hydrogen) atoms. The molecule has 0 aromatic carbocycles. The Kier molecular flexibility index (Phi) is 4.89. The monoisotopic (exact) mass is 169 g/mol. The van der Waals surface area contributed by atoms with Gasteiger partial charge in [-0.2, -0.15) is 8.42 Å². The van der Waals surface area contributed by atoms with Gasteiger partial charge in [-0.15, -0.1) is 0 Å². The van der Waals surface area contributed by atoms with E-state index in [1.54, 1.807) is 0 Å². The van der Waals surface area contributed by atoms with Crippen molar-refractivity contribution in [3.05, 3.63) is 0 Å². The quantitative estimate of drug-likeness (QED) is 0.509. The summed E-state index contributed by atoms with van der Waals surface area (Å²) in [5, 5.41) is 0. The molecule has 0 amide bonds. The Balaban J connectivity index is 0. The van der Waals surface area contributed by atoms with Gasteiger partial charge in [0.15, 0.2) is 0 Å². The minimum Gasteiger partial charge on any atom is -0.326 e. The second-order valence-electron chi connectivity index (χ2n) is 3.10. The minimum absolute atomic E-state index is 0. The summed E-state index contributed by atoms with van der Waals surface area (Å²) in [7, 11) is -3.67. The first kappa shape index (κ1) is 12.5. The molecule has 0 atom stereocenters. The zero-order valence-corrected chi connectivity index (χ0v) is 7.57. The van der Waals surface area contributed by atoms with Crippen LogP contribution in [0.2, 0.25) is 0 Å². The molecule has 0 saturated heterocycles. The molecule has 0 aromatic heterocycles. The summed E-state index contributed by atoms with van der Waals surface area (Å²) in [6.45, 7) is 5.90. The van der Waals surface area contributed by atoms with E-state index in [0.717, 1.165) is 0 Å². The summed E-state index contributed by atoms with van der Waals surface area (Å²) >= 11 is 0. The molecule has 64 valence electrons. The molecule has 0 unspecified atom stereocenters. The summed E-state index contributed by atoms with van der Waals surface area (Å²) < 4.78 is 25.9. The van der Waals surface area contributed by atoms with Crippen LogP contribution in [0.15, 0.2) is 0 Å². The Hall–Kier alpha value is -0.130. The second kappa shape index (κ2) is 3.90. The van der Waals surface area contributed by atoms with Crippen molar-refractivity contribution < 1.29 is 13.0 Å². The molecule has 5 heteroatoms. The molecule has 0 rings (SSSR count). The van der Waals surface area contributed by atoms with Crippen molar-refractivity contribution in [3.63, 3.8) is 0 Å². The van der Waals surface area contributed by atoms with Crippen molar-refractivity contribution in [3.8, 4) is 0 Å². The predicted octanol–water partition coefficient (Wildman–Crippen LogP) is 0.248. The fourth-order valence-corrected chi connectivity index (χ4v) is 0. The first-order chi connectivity index (χ1) is 4.00. The number of nitrogens with two attached hydrogens (primary N) is 1. The van der Waals surface area contributed by atoms with E-state index in [0.29, 0.717) is 6.26 Å². The highest BCUT2D eigenvalue weighted by molar-refractivity contribution is 7.85. The van der Waals surface area contributed by atoms with Gasteiger partial charge in [0, 0.05) is 5.54 Å². The lowest BCUT2D eigenvalue weighted by atomic mass is 10.1. The Morgan fingerprint density at radius 2 is 1.30 bits per heavy atom. The molecule has 0 saturated carbocycles. The summed E-state index contributed by atoms with van der Waals surface area (Å²) in [6, 6.07) is 0. The molecule has 0 heterocycles. The van der Waals surface area contributed by atoms with Crippen molar-refractivity contribution in [1.29, 1.82) is 0 Å². The van der Waals surface area contributed by atoms with Gasteiger partial charge in [0.25, 0.3) is 10.1 Å². The highest BCUT2D eigenvalue weighted by Crippen LogP contribution is 1.88. The van der Waals surface area contributed by atoms with Crippen LogP contribution in [-0.2, 0) is 10.1 Å². The molecule has 0 aliphatic rings. The average molecular weight is 169 g/mol. The molecule has 0 radical (unpaired) electrons. The first-order valence-corrected chi connectivity index (χ1v) is 4.56. The van der Waals surface area contributed by atoms with Gasteiger partial charge in [-0.05, 0) is 20.8 Å². The van der Waals surface area contributed by atoms with E-state index in [4.69, 9.17) is 10.3 Å². The predicted molar refractivity (Wildman–Crippen MR) is 41.4 cm³/mol. The van der Waals surface area contributed by atoms with E-state index in [1.165, 1.54) is 0 Å². The molecule has 0 spiro atoms. The van der Waals surface area contributed by atoms with E-state index >= 15 is 0 Å². The van der Waals surface area contributed by atoms with Crippen LogP contribution in [0.1, 0.15) is 20.8 Å². The lowest BCUT2D eigenvalue weighted by Gasteiger charge is -2.06. The minimum atomic E-state index is -3.67. The average Bonchev–Trinajstić information content (AvgIpc) is 1.12. The van der Waals surface area contributed by atoms with Crippen molar-refractivity contribution in [2.75, 3.05) is 6.26 Å². The summed E-state index contributed by atoms with van der Waals surface area (Å²) in [5.41, 5.74) is 5.35. The molecular weight excluding hydrogens is 154 g/mol. The highest BCUT2D eigenvalue weighted by Gasteiger charge is 1.95. The summed E-state index contributed by atoms with van der Waals surface area (Å²) in [5.74, 6) is 0. The van der Waals surface area contributed by atoms with Crippen LogP contribution < -0.4 is 5.73 Å². The van der Waals surface area contributed by atoms with Crippen molar-refractivity contribution in [2.45, 2.75) is 26.3 Å². The highest BCUT2D eigenvalue weighted by atomic mass is 32.2. The molecule has 4 nitrogen and oxygen atoms in total. The maximum atomic E-state index is 9.19. The standard InChI is InChI=1S/C4H11N.CH4O3S/c1-4(2,3)5;1-5(2,3)4/h5H2,1-3H3;1H3,(H,2,3,4). The van der Waals surface area contributed by atoms with Gasteiger partial charge in [0.05, 0.1) is 6.26 Å². The third-order valence-electron chi connectivity index (χ3n) is 0. The molecule has 0 aromatic rings. The molecule has 0 aliphatic carbocycles. The number of hydrogen-bond donors (Lipinski definition) is 2. The molecule has 0 aliphatic heterocycles. The van der Waals surface area contributed by atoms with Crippen LogP contribution >= 0.6 is 0 Å². The molecular formula is C5H15NO3S. The fraction of sp³-hybridized carbons (Fsp3) is 1.00. The normalized spacial score (nSPS) is 11.8. The van der Waals surface area contributed by atoms with Gasteiger partial charge in [-0.1, -0.05) is 0 Å². The van der Waals surface area contributed by atoms with Crippen LogP contribution in [0.3, 0.4) is 0 Å². The van der Waals surface area contributed by atoms with Crippen LogP contribution in [0.25, 0.3) is 0 Å². The topological polar surface area (TPSA) is 80.4 Å². The van der Waals surface area contributed by atoms with E-state index in [-0.39, 0.29) is 5.54 Å². The lowest BCUT2D eigenvalue weighted by molar-refractivity contribution is 0.490. The number of rotatable bonds is 0. The Bertz CT molecular complexity index is 152. The second-order valence-corrected chi connectivity index (χ2v) is 4.57. The van der Waals surface area contributed by atoms with Crippen molar-refractivity contribution in [1.82, 2.24) is 0 Å². The third-order valence-corrected chi connectivity index (χ3v) is 0. The smallest absolute Gasteiger partial charge is 0.261 e. The molecule has 3 N–H and O–H groups in total. The van der Waals surface area contributed by atoms with E-state index in [1.807, 2.05) is 20.8 Å². The van der Waals surface area contributed by atoms with Gasteiger partial charge in [-0.25, -0.2) is 0 Å². The van der Waals surface area contributed by atoms with Crippen LogP contribution in [0.4, 0.5) is 0 Å². The maximum Gasteiger partial charge on any atom is 0.261 e. The van der Waals surface area contributed by atoms with E-state index in [2.05, 4.69) is 0 Å². The van der Waals surface area contributed by atoms with Crippen LogP contribution in [0.5, 0.6) is 0 Å². The summed E-state index contributed by atoms with van der Waals surface area (Å²) in [4.78, 5) is 0. The SMILES string of the molecule is CC(C)(C)N.CS(=O)(=O)O. The Morgan fingerprint density at radius 1 is 1.30 bits per heavy atom. The zero-order valence-electron chi connectivity index (χ0n) is 6.75. The lowest BCUT2D eigenvalue weighted by Crippen LogP contribution is -2.26. The largest absolute Gasteiger partial charge is 0.326 e.